The van der Waals surface area contributed by atoms with Crippen LogP contribution in [0.5, 0.6) is 5.88 Å². The minimum absolute atomic E-state index is 0.0119. The van der Waals surface area contributed by atoms with Gasteiger partial charge >= 0.3 is 6.61 Å². The maximum absolute atomic E-state index is 13.0. The van der Waals surface area contributed by atoms with Crippen LogP contribution in [-0.4, -0.2) is 28.1 Å². The summed E-state index contributed by atoms with van der Waals surface area (Å²) >= 11 is 3.30. The Balaban J connectivity index is 1.96. The van der Waals surface area contributed by atoms with Gasteiger partial charge in [0.2, 0.25) is 11.7 Å². The highest BCUT2D eigenvalue weighted by molar-refractivity contribution is 9.10. The Morgan fingerprint density at radius 1 is 1.21 bits per heavy atom. The van der Waals surface area contributed by atoms with Crippen LogP contribution in [-0.2, 0) is 11.8 Å². The van der Waals surface area contributed by atoms with Crippen molar-refractivity contribution in [2.24, 2.45) is 13.0 Å². The first-order valence-corrected chi connectivity index (χ1v) is 9.79. The molecular formula is C19H20BrF2N3O3. The summed E-state index contributed by atoms with van der Waals surface area (Å²) in [7, 11) is 1.45. The average molecular weight is 456 g/mol. The molecule has 1 saturated carbocycles. The molecule has 0 atom stereocenters. The van der Waals surface area contributed by atoms with Crippen LogP contribution in [0.25, 0.3) is 0 Å². The fraction of sp³-hybridized carbons (Fsp3) is 0.421. The molecule has 0 aliphatic heterocycles. The van der Waals surface area contributed by atoms with Crippen LogP contribution < -0.4 is 10.1 Å². The van der Waals surface area contributed by atoms with Crippen molar-refractivity contribution in [3.05, 3.63) is 40.0 Å². The van der Waals surface area contributed by atoms with Gasteiger partial charge in [-0.15, -0.1) is 5.10 Å². The van der Waals surface area contributed by atoms with E-state index < -0.39 is 18.3 Å². The number of carbonyl (C=O) groups excluding carboxylic acids is 2. The van der Waals surface area contributed by atoms with Crippen LogP contribution in [0.2, 0.25) is 0 Å². The van der Waals surface area contributed by atoms with Gasteiger partial charge in [0.25, 0.3) is 5.88 Å². The van der Waals surface area contributed by atoms with Crippen molar-refractivity contribution >= 4 is 33.3 Å². The Labute approximate surface area is 169 Å². The first-order valence-electron chi connectivity index (χ1n) is 8.99. The first kappa shape index (κ1) is 20.4. The van der Waals surface area contributed by atoms with Gasteiger partial charge in [-0.25, -0.2) is 0 Å². The molecule has 150 valence electrons. The molecule has 0 unspecified atom stereocenters. The van der Waals surface area contributed by atoms with Crippen molar-refractivity contribution in [1.82, 2.24) is 9.78 Å². The molecule has 0 radical (unpaired) electrons. The number of benzene rings is 1. The Bertz CT molecular complexity index is 862. The molecule has 1 aliphatic carbocycles. The highest BCUT2D eigenvalue weighted by atomic mass is 79.9. The maximum Gasteiger partial charge on any atom is 0.388 e. The van der Waals surface area contributed by atoms with Crippen molar-refractivity contribution in [1.29, 1.82) is 0 Å². The van der Waals surface area contributed by atoms with Gasteiger partial charge in [0.05, 0.1) is 0 Å². The van der Waals surface area contributed by atoms with Gasteiger partial charge in [0.1, 0.15) is 11.4 Å². The molecule has 1 fully saturated rings. The molecule has 1 aromatic heterocycles. The maximum atomic E-state index is 13.0. The van der Waals surface area contributed by atoms with Gasteiger partial charge in [-0.1, -0.05) is 35.2 Å². The van der Waals surface area contributed by atoms with Gasteiger partial charge in [-0.05, 0) is 37.1 Å². The predicted molar refractivity (Wildman–Crippen MR) is 103 cm³/mol. The predicted octanol–water partition coefficient (Wildman–Crippen LogP) is 4.53. The minimum atomic E-state index is -3.13. The fourth-order valence-electron chi connectivity index (χ4n) is 3.37. The van der Waals surface area contributed by atoms with Crippen LogP contribution >= 0.6 is 15.9 Å². The van der Waals surface area contributed by atoms with Crippen LogP contribution in [0.15, 0.2) is 28.7 Å². The van der Waals surface area contributed by atoms with Gasteiger partial charge < -0.3 is 10.1 Å². The lowest BCUT2D eigenvalue weighted by Gasteiger charge is -2.21. The smallest absolute Gasteiger partial charge is 0.388 e. The second-order valence-electron chi connectivity index (χ2n) is 6.69. The molecule has 0 saturated heterocycles. The summed E-state index contributed by atoms with van der Waals surface area (Å²) in [6.45, 7) is -3.13. The zero-order valence-corrected chi connectivity index (χ0v) is 16.8. The van der Waals surface area contributed by atoms with Gasteiger partial charge in [-0.2, -0.15) is 8.78 Å². The third-order valence-electron chi connectivity index (χ3n) is 4.76. The Morgan fingerprint density at radius 2 is 1.86 bits per heavy atom. The van der Waals surface area contributed by atoms with Crippen LogP contribution in [0.4, 0.5) is 14.5 Å². The lowest BCUT2D eigenvalue weighted by molar-refractivity contribution is -0.120. The number of amides is 1. The van der Waals surface area contributed by atoms with E-state index >= 15 is 0 Å². The number of halogens is 3. The second kappa shape index (κ2) is 8.81. The normalized spacial score (nSPS) is 14.9. The van der Waals surface area contributed by atoms with E-state index in [0.717, 1.165) is 41.3 Å². The molecule has 28 heavy (non-hydrogen) atoms. The standard InChI is InChI=1S/C19H20BrF2N3O3/c1-25-15(16(26)11-7-9-13(20)10-8-11)14(18(24-25)28-19(21)22)23-17(27)12-5-3-2-4-6-12/h7-10,12,19H,2-6H2,1H3,(H,23,27). The number of alkyl halides is 2. The topological polar surface area (TPSA) is 73.2 Å². The molecule has 3 rings (SSSR count). The first-order chi connectivity index (χ1) is 13.4. The molecule has 2 aromatic rings. The van der Waals surface area contributed by atoms with Crippen LogP contribution in [0.1, 0.15) is 48.2 Å². The number of anilines is 1. The molecule has 0 bridgehead atoms. The van der Waals surface area contributed by atoms with Gasteiger partial charge in [0, 0.05) is 23.0 Å². The molecule has 1 heterocycles. The third-order valence-corrected chi connectivity index (χ3v) is 5.29. The van der Waals surface area contributed by atoms with Crippen LogP contribution in [0, 0.1) is 5.92 Å². The summed E-state index contributed by atoms with van der Waals surface area (Å²) < 4.78 is 32.1. The summed E-state index contributed by atoms with van der Waals surface area (Å²) in [6, 6.07) is 6.58. The summed E-state index contributed by atoms with van der Waals surface area (Å²) in [5.41, 5.74) is 0.205. The number of nitrogens with one attached hydrogen (secondary N) is 1. The van der Waals surface area contributed by atoms with E-state index in [1.54, 1.807) is 24.3 Å². The van der Waals surface area contributed by atoms with Crippen molar-refractivity contribution in [3.63, 3.8) is 0 Å². The monoisotopic (exact) mass is 455 g/mol. The fourth-order valence-corrected chi connectivity index (χ4v) is 3.63. The SMILES string of the molecule is Cn1nc(OC(F)F)c(NC(=O)C2CCCCC2)c1C(=O)c1ccc(Br)cc1. The molecule has 1 N–H and O–H groups in total. The van der Waals surface area contributed by atoms with Crippen molar-refractivity contribution < 1.29 is 23.1 Å². The van der Waals surface area contributed by atoms with Gasteiger partial charge in [-0.3, -0.25) is 14.3 Å². The number of ketones is 1. The van der Waals surface area contributed by atoms with Crippen molar-refractivity contribution in [2.45, 2.75) is 38.7 Å². The van der Waals surface area contributed by atoms with E-state index in [2.05, 4.69) is 31.1 Å². The lowest BCUT2D eigenvalue weighted by atomic mass is 9.88. The second-order valence-corrected chi connectivity index (χ2v) is 7.61. The number of carbonyl (C=O) groups is 2. The van der Waals surface area contributed by atoms with Gasteiger partial charge in [0.15, 0.2) is 0 Å². The number of hydrogen-bond donors (Lipinski definition) is 1. The Kier molecular flexibility index (Phi) is 6.43. The summed E-state index contributed by atoms with van der Waals surface area (Å²) in [4.78, 5) is 25.6. The number of hydrogen-bond acceptors (Lipinski definition) is 4. The van der Waals surface area contributed by atoms with E-state index in [0.29, 0.717) is 5.56 Å². The van der Waals surface area contributed by atoms with E-state index in [9.17, 15) is 18.4 Å². The lowest BCUT2D eigenvalue weighted by Crippen LogP contribution is -2.26. The highest BCUT2D eigenvalue weighted by Gasteiger charge is 2.30. The average Bonchev–Trinajstić information content (AvgIpc) is 2.96. The Morgan fingerprint density at radius 3 is 2.46 bits per heavy atom. The largest absolute Gasteiger partial charge is 0.413 e. The quantitative estimate of drug-likeness (QED) is 0.649. The third kappa shape index (κ3) is 4.57. The Hall–Kier alpha value is -2.29. The zero-order valence-electron chi connectivity index (χ0n) is 15.3. The van der Waals surface area contributed by atoms with Crippen molar-refractivity contribution in [3.8, 4) is 5.88 Å². The highest BCUT2D eigenvalue weighted by Crippen LogP contribution is 2.33. The van der Waals surface area contributed by atoms with Crippen molar-refractivity contribution in [2.75, 3.05) is 5.32 Å². The summed E-state index contributed by atoms with van der Waals surface area (Å²) in [5.74, 6) is -1.45. The molecule has 9 heteroatoms. The number of rotatable bonds is 6. The summed E-state index contributed by atoms with van der Waals surface area (Å²) in [5, 5.41) is 6.51. The van der Waals surface area contributed by atoms with E-state index in [1.165, 1.54) is 7.05 Å². The minimum Gasteiger partial charge on any atom is -0.413 e. The number of aromatic nitrogens is 2. The number of nitrogens with zero attached hydrogens (tertiary/aromatic N) is 2. The van der Waals surface area contributed by atoms with E-state index in [1.807, 2.05) is 0 Å². The molecule has 1 aliphatic rings. The number of ether oxygens (including phenoxy) is 1. The molecule has 6 nitrogen and oxygen atoms in total. The summed E-state index contributed by atoms with van der Waals surface area (Å²) in [6.07, 6.45) is 4.41. The molecular weight excluding hydrogens is 436 g/mol. The van der Waals surface area contributed by atoms with E-state index in [4.69, 9.17) is 0 Å². The van der Waals surface area contributed by atoms with Crippen LogP contribution in [0.3, 0.4) is 0 Å². The van der Waals surface area contributed by atoms with E-state index in [-0.39, 0.29) is 23.2 Å². The zero-order chi connectivity index (χ0) is 20.3. The molecule has 1 amide bonds. The molecule has 0 spiro atoms. The molecule has 1 aromatic carbocycles. The number of aryl methyl sites for hydroxylation is 1.